The van der Waals surface area contributed by atoms with Gasteiger partial charge in [0.25, 0.3) is 5.91 Å². The van der Waals surface area contributed by atoms with Gasteiger partial charge in [-0.15, -0.1) is 0 Å². The predicted octanol–water partition coefficient (Wildman–Crippen LogP) is 3.38. The average Bonchev–Trinajstić information content (AvgIpc) is 2.65. The molecular formula is C20H23F3N2O4S. The fraction of sp³-hybridized carbons (Fsp3) is 0.350. The molecule has 2 N–H and O–H groups in total. The van der Waals surface area contributed by atoms with Gasteiger partial charge in [0, 0.05) is 18.2 Å². The van der Waals surface area contributed by atoms with Crippen LogP contribution >= 0.6 is 0 Å². The van der Waals surface area contributed by atoms with Gasteiger partial charge in [0.05, 0.1) is 11.5 Å². The third-order valence-electron chi connectivity index (χ3n) is 3.83. The van der Waals surface area contributed by atoms with Gasteiger partial charge in [-0.1, -0.05) is 24.3 Å². The molecular weight excluding hydrogens is 421 g/mol. The first kappa shape index (κ1) is 23.8. The second-order valence-electron chi connectivity index (χ2n) is 6.91. The molecule has 2 rings (SSSR count). The molecule has 0 spiro atoms. The summed E-state index contributed by atoms with van der Waals surface area (Å²) < 4.78 is 67.5. The van der Waals surface area contributed by atoms with Crippen molar-refractivity contribution >= 4 is 15.9 Å². The van der Waals surface area contributed by atoms with Gasteiger partial charge in [-0.05, 0) is 49.2 Å². The topological polar surface area (TPSA) is 84.5 Å². The number of hydrogen-bond acceptors (Lipinski definition) is 4. The second kappa shape index (κ2) is 10.1. The number of hydrogen-bond donors (Lipinski definition) is 2. The van der Waals surface area contributed by atoms with Gasteiger partial charge in [-0.25, -0.2) is 13.1 Å². The highest BCUT2D eigenvalue weighted by Gasteiger charge is 2.27. The van der Waals surface area contributed by atoms with E-state index in [9.17, 15) is 26.4 Å². The van der Waals surface area contributed by atoms with Gasteiger partial charge in [0.1, 0.15) is 6.61 Å². The molecule has 0 aromatic heterocycles. The molecule has 2 aromatic rings. The van der Waals surface area contributed by atoms with Crippen LogP contribution < -0.4 is 10.0 Å². The Morgan fingerprint density at radius 1 is 1.00 bits per heavy atom. The molecule has 0 saturated carbocycles. The smallest absolute Gasteiger partial charge is 0.367 e. The number of sulfonamides is 1. The first-order valence-corrected chi connectivity index (χ1v) is 10.6. The zero-order valence-corrected chi connectivity index (χ0v) is 17.3. The lowest BCUT2D eigenvalue weighted by molar-refractivity contribution is -0.176. The molecule has 0 aliphatic heterocycles. The monoisotopic (exact) mass is 444 g/mol. The van der Waals surface area contributed by atoms with Gasteiger partial charge in [0.2, 0.25) is 10.0 Å². The summed E-state index contributed by atoms with van der Waals surface area (Å²) in [7, 11) is -3.63. The number of benzene rings is 2. The Morgan fingerprint density at radius 3 is 2.10 bits per heavy atom. The number of halogens is 3. The van der Waals surface area contributed by atoms with E-state index in [2.05, 4.69) is 14.8 Å². The fourth-order valence-electron chi connectivity index (χ4n) is 2.49. The Labute approximate surface area is 173 Å². The Kier molecular flexibility index (Phi) is 7.99. The largest absolute Gasteiger partial charge is 0.411 e. The maximum absolute atomic E-state index is 12.3. The minimum atomic E-state index is -4.36. The second-order valence-corrected chi connectivity index (χ2v) is 8.62. The van der Waals surface area contributed by atoms with Crippen LogP contribution in [0, 0.1) is 0 Å². The van der Waals surface area contributed by atoms with Crippen LogP contribution in [0.25, 0.3) is 0 Å². The lowest BCUT2D eigenvalue weighted by Crippen LogP contribution is -2.30. The third-order valence-corrected chi connectivity index (χ3v) is 5.50. The summed E-state index contributed by atoms with van der Waals surface area (Å²) >= 11 is 0. The summed E-state index contributed by atoms with van der Waals surface area (Å²) in [5.41, 5.74) is 1.64. The van der Waals surface area contributed by atoms with Crippen LogP contribution in [0.4, 0.5) is 13.2 Å². The van der Waals surface area contributed by atoms with Crippen molar-refractivity contribution in [3.8, 4) is 0 Å². The molecule has 0 fully saturated rings. The van der Waals surface area contributed by atoms with Gasteiger partial charge in [0.15, 0.2) is 0 Å². The molecule has 0 aliphatic carbocycles. The van der Waals surface area contributed by atoms with Gasteiger partial charge < -0.3 is 10.1 Å². The Balaban J connectivity index is 1.88. The molecule has 0 radical (unpaired) electrons. The highest BCUT2D eigenvalue weighted by molar-refractivity contribution is 7.89. The quantitative estimate of drug-likeness (QED) is 0.621. The minimum Gasteiger partial charge on any atom is -0.367 e. The van der Waals surface area contributed by atoms with Crippen molar-refractivity contribution in [2.75, 3.05) is 6.61 Å². The van der Waals surface area contributed by atoms with Crippen LogP contribution in [-0.2, 0) is 27.9 Å². The summed E-state index contributed by atoms with van der Waals surface area (Å²) in [6.45, 7) is 2.16. The highest BCUT2D eigenvalue weighted by atomic mass is 32.2. The Bertz CT molecular complexity index is 942. The van der Waals surface area contributed by atoms with Crippen LogP contribution in [0.5, 0.6) is 0 Å². The number of ether oxygens (including phenoxy) is 1. The summed E-state index contributed by atoms with van der Waals surface area (Å²) in [5, 5.41) is 2.70. The molecule has 0 aliphatic rings. The fourth-order valence-corrected chi connectivity index (χ4v) is 3.74. The number of carbonyl (C=O) groups is 1. The minimum absolute atomic E-state index is 0.0658. The molecule has 2 aromatic carbocycles. The highest BCUT2D eigenvalue weighted by Crippen LogP contribution is 2.16. The molecule has 0 heterocycles. The number of rotatable bonds is 9. The zero-order valence-electron chi connectivity index (χ0n) is 16.5. The van der Waals surface area contributed by atoms with E-state index >= 15 is 0 Å². The number of alkyl halides is 3. The van der Waals surface area contributed by atoms with Crippen LogP contribution in [0.15, 0.2) is 53.4 Å². The first-order valence-electron chi connectivity index (χ1n) is 9.09. The van der Waals surface area contributed by atoms with E-state index in [-0.39, 0.29) is 30.0 Å². The number of carbonyl (C=O) groups excluding carboxylic acids is 1. The Morgan fingerprint density at radius 2 is 1.57 bits per heavy atom. The van der Waals surface area contributed by atoms with Crippen LogP contribution in [0.1, 0.15) is 35.3 Å². The lowest BCUT2D eigenvalue weighted by atomic mass is 10.1. The molecule has 0 bridgehead atoms. The molecule has 0 unspecified atom stereocenters. The van der Waals surface area contributed by atoms with Gasteiger partial charge >= 0.3 is 6.18 Å². The first-order chi connectivity index (χ1) is 14.0. The van der Waals surface area contributed by atoms with Crippen molar-refractivity contribution in [2.45, 2.75) is 44.1 Å². The SMILES string of the molecule is CC(C)NS(=O)(=O)c1ccc(C(=O)NCc2ccc(COCC(F)(F)F)cc2)cc1. The van der Waals surface area contributed by atoms with E-state index in [0.29, 0.717) is 11.1 Å². The summed E-state index contributed by atoms with van der Waals surface area (Å²) in [5.74, 6) is -0.381. The van der Waals surface area contributed by atoms with E-state index in [1.165, 1.54) is 24.3 Å². The molecule has 6 nitrogen and oxygen atoms in total. The maximum atomic E-state index is 12.3. The molecule has 1 amide bonds. The number of nitrogens with one attached hydrogen (secondary N) is 2. The maximum Gasteiger partial charge on any atom is 0.411 e. The molecule has 0 saturated heterocycles. The number of amides is 1. The molecule has 30 heavy (non-hydrogen) atoms. The van der Waals surface area contributed by atoms with E-state index in [1.54, 1.807) is 38.1 Å². The van der Waals surface area contributed by atoms with Gasteiger partial charge in [-0.3, -0.25) is 4.79 Å². The summed E-state index contributed by atoms with van der Waals surface area (Å²) in [4.78, 5) is 12.3. The van der Waals surface area contributed by atoms with Crippen molar-refractivity contribution in [2.24, 2.45) is 0 Å². The third kappa shape index (κ3) is 7.77. The van der Waals surface area contributed by atoms with Crippen LogP contribution in [-0.4, -0.2) is 33.1 Å². The zero-order chi connectivity index (χ0) is 22.4. The van der Waals surface area contributed by atoms with E-state index in [4.69, 9.17) is 0 Å². The van der Waals surface area contributed by atoms with E-state index < -0.39 is 22.8 Å². The van der Waals surface area contributed by atoms with Crippen molar-refractivity contribution in [1.29, 1.82) is 0 Å². The lowest BCUT2D eigenvalue weighted by Gasteiger charge is -2.10. The van der Waals surface area contributed by atoms with E-state index in [0.717, 1.165) is 5.56 Å². The predicted molar refractivity (Wildman–Crippen MR) is 105 cm³/mol. The average molecular weight is 444 g/mol. The van der Waals surface area contributed by atoms with Crippen molar-refractivity contribution in [3.05, 3.63) is 65.2 Å². The molecule has 164 valence electrons. The van der Waals surface area contributed by atoms with Crippen molar-refractivity contribution < 1.29 is 31.1 Å². The summed E-state index contributed by atoms with van der Waals surface area (Å²) in [6.07, 6.45) is -4.36. The van der Waals surface area contributed by atoms with Gasteiger partial charge in [-0.2, -0.15) is 13.2 Å². The normalized spacial score (nSPS) is 12.2. The van der Waals surface area contributed by atoms with Crippen molar-refractivity contribution in [3.63, 3.8) is 0 Å². The van der Waals surface area contributed by atoms with Crippen LogP contribution in [0.2, 0.25) is 0 Å². The summed E-state index contributed by atoms with van der Waals surface area (Å²) in [6, 6.07) is 11.9. The van der Waals surface area contributed by atoms with Crippen LogP contribution in [0.3, 0.4) is 0 Å². The molecule has 10 heteroatoms. The van der Waals surface area contributed by atoms with E-state index in [1.807, 2.05) is 0 Å². The molecule has 0 atom stereocenters. The Hall–Kier alpha value is -2.43. The standard InChI is InChI=1S/C20H23F3N2O4S/c1-14(2)25-30(27,28)18-9-7-17(8-10-18)19(26)24-11-15-3-5-16(6-4-15)12-29-13-20(21,22)23/h3-10,14,25H,11-13H2,1-2H3,(H,24,26). The van der Waals surface area contributed by atoms with Crippen molar-refractivity contribution in [1.82, 2.24) is 10.0 Å².